The largest absolute Gasteiger partial charge is 0.550 e. The van der Waals surface area contributed by atoms with E-state index in [1.165, 1.54) is 11.3 Å². The molecule has 22 heavy (non-hydrogen) atoms. The zero-order valence-electron chi connectivity index (χ0n) is 12.6. The molecule has 1 aromatic heterocycles. The number of benzene rings is 1. The van der Waals surface area contributed by atoms with Crippen LogP contribution in [-0.2, 0) is 11.2 Å². The van der Waals surface area contributed by atoms with Crippen LogP contribution in [0.5, 0.6) is 11.5 Å². The number of rotatable bonds is 8. The number of carboxylic acid groups (broad SMARTS) is 1. The second-order valence-electron chi connectivity index (χ2n) is 4.64. The number of thiazole rings is 1. The van der Waals surface area contributed by atoms with Crippen LogP contribution >= 0.6 is 11.3 Å². The van der Waals surface area contributed by atoms with Gasteiger partial charge in [0.2, 0.25) is 0 Å². The van der Waals surface area contributed by atoms with Crippen molar-refractivity contribution in [3.05, 3.63) is 29.3 Å². The van der Waals surface area contributed by atoms with Gasteiger partial charge in [-0.25, -0.2) is 4.98 Å². The lowest BCUT2D eigenvalue weighted by Crippen LogP contribution is -2.24. The average molecular weight is 320 g/mol. The molecule has 0 atom stereocenters. The molecule has 1 aromatic carbocycles. The summed E-state index contributed by atoms with van der Waals surface area (Å²) in [4.78, 5) is 14.9. The van der Waals surface area contributed by atoms with Crippen molar-refractivity contribution in [3.8, 4) is 22.1 Å². The molecule has 0 unspecified atom stereocenters. The lowest BCUT2D eigenvalue weighted by molar-refractivity contribution is -0.304. The molecule has 0 spiro atoms. The van der Waals surface area contributed by atoms with Gasteiger partial charge in [0.25, 0.3) is 0 Å². The van der Waals surface area contributed by atoms with Crippen LogP contribution in [0.1, 0.15) is 26.0 Å². The summed E-state index contributed by atoms with van der Waals surface area (Å²) < 4.78 is 11.3. The highest BCUT2D eigenvalue weighted by atomic mass is 32.1. The molecule has 0 aliphatic carbocycles. The number of aromatic nitrogens is 1. The van der Waals surface area contributed by atoms with Gasteiger partial charge in [-0.05, 0) is 31.5 Å². The maximum atomic E-state index is 10.6. The number of hydrogen-bond donors (Lipinski definition) is 0. The Bertz CT molecular complexity index is 639. The molecule has 1 heterocycles. The van der Waals surface area contributed by atoms with Gasteiger partial charge in [0.05, 0.1) is 18.9 Å². The first-order valence-corrected chi connectivity index (χ1v) is 8.06. The summed E-state index contributed by atoms with van der Waals surface area (Å²) in [6, 6.07) is 5.63. The smallest absolute Gasteiger partial charge is 0.161 e. The van der Waals surface area contributed by atoms with Crippen LogP contribution in [0.2, 0.25) is 0 Å². The Kier molecular flexibility index (Phi) is 5.77. The molecular weight excluding hydrogens is 302 g/mol. The van der Waals surface area contributed by atoms with E-state index in [1.54, 1.807) is 5.38 Å². The molecule has 5 nitrogen and oxygen atoms in total. The van der Waals surface area contributed by atoms with Gasteiger partial charge < -0.3 is 19.4 Å². The van der Waals surface area contributed by atoms with E-state index in [2.05, 4.69) is 4.98 Å². The predicted octanol–water partition coefficient (Wildman–Crippen LogP) is 2.29. The normalized spacial score (nSPS) is 10.5. The first-order valence-electron chi connectivity index (χ1n) is 7.18. The number of hydrogen-bond acceptors (Lipinski definition) is 6. The Morgan fingerprint density at radius 2 is 2.09 bits per heavy atom. The second-order valence-corrected chi connectivity index (χ2v) is 5.49. The van der Waals surface area contributed by atoms with E-state index in [4.69, 9.17) is 9.47 Å². The summed E-state index contributed by atoms with van der Waals surface area (Å²) >= 11 is 1.40. The molecule has 0 N–H and O–H groups in total. The van der Waals surface area contributed by atoms with Crippen LogP contribution in [0.4, 0.5) is 0 Å². The topological polar surface area (TPSA) is 71.5 Å². The van der Waals surface area contributed by atoms with Gasteiger partial charge in [0.1, 0.15) is 5.01 Å². The van der Waals surface area contributed by atoms with Crippen molar-refractivity contribution < 1.29 is 19.4 Å². The zero-order valence-corrected chi connectivity index (χ0v) is 13.4. The van der Waals surface area contributed by atoms with Crippen molar-refractivity contribution >= 4 is 17.3 Å². The number of aliphatic carboxylic acids is 1. The molecular formula is C16H18NO4S-. The van der Waals surface area contributed by atoms with Gasteiger partial charge in [-0.2, -0.15) is 0 Å². The quantitative estimate of drug-likeness (QED) is 0.746. The maximum Gasteiger partial charge on any atom is 0.161 e. The first-order chi connectivity index (χ1) is 10.6. The maximum absolute atomic E-state index is 10.6. The molecule has 0 bridgehead atoms. The van der Waals surface area contributed by atoms with Gasteiger partial charge in [-0.15, -0.1) is 11.3 Å². The van der Waals surface area contributed by atoms with E-state index >= 15 is 0 Å². The minimum atomic E-state index is -1.13. The molecule has 6 heteroatoms. The van der Waals surface area contributed by atoms with Crippen LogP contribution in [0.3, 0.4) is 0 Å². The third kappa shape index (κ3) is 4.21. The highest BCUT2D eigenvalue weighted by Crippen LogP contribution is 2.34. The van der Waals surface area contributed by atoms with Crippen molar-refractivity contribution in [1.29, 1.82) is 0 Å². The summed E-state index contributed by atoms with van der Waals surface area (Å²) in [6.07, 6.45) is 0.749. The summed E-state index contributed by atoms with van der Waals surface area (Å²) in [5.41, 5.74) is 1.38. The third-order valence-corrected chi connectivity index (χ3v) is 3.77. The SMILES string of the molecule is CCCOc1ccc(-c2nc(CC(=O)[O-])cs2)cc1OCC. The predicted molar refractivity (Wildman–Crippen MR) is 83.2 cm³/mol. The number of nitrogens with zero attached hydrogens (tertiary/aromatic N) is 1. The standard InChI is InChI=1S/C16H19NO4S/c1-3-7-21-13-6-5-11(8-14(13)20-4-2)16-17-12(10-22-16)9-15(18)19/h5-6,8,10H,3-4,7,9H2,1-2H3,(H,18,19)/p-1. The molecule has 118 valence electrons. The van der Waals surface area contributed by atoms with E-state index < -0.39 is 5.97 Å². The Morgan fingerprint density at radius 3 is 2.77 bits per heavy atom. The average Bonchev–Trinajstić information content (AvgIpc) is 2.94. The van der Waals surface area contributed by atoms with Crippen molar-refractivity contribution in [1.82, 2.24) is 4.98 Å². The van der Waals surface area contributed by atoms with Crippen molar-refractivity contribution in [2.75, 3.05) is 13.2 Å². The Balaban J connectivity index is 2.25. The van der Waals surface area contributed by atoms with E-state index in [0.717, 1.165) is 17.0 Å². The third-order valence-electron chi connectivity index (χ3n) is 2.83. The fourth-order valence-electron chi connectivity index (χ4n) is 1.91. The Labute approximate surface area is 133 Å². The van der Waals surface area contributed by atoms with Crippen LogP contribution in [-0.4, -0.2) is 24.2 Å². The van der Waals surface area contributed by atoms with E-state index in [0.29, 0.717) is 30.4 Å². The van der Waals surface area contributed by atoms with Gasteiger partial charge in [-0.3, -0.25) is 0 Å². The molecule has 0 saturated carbocycles. The minimum Gasteiger partial charge on any atom is -0.550 e. The monoisotopic (exact) mass is 320 g/mol. The van der Waals surface area contributed by atoms with Crippen molar-refractivity contribution in [2.24, 2.45) is 0 Å². The molecule has 0 amide bonds. The molecule has 2 aromatic rings. The van der Waals surface area contributed by atoms with Gasteiger partial charge in [0.15, 0.2) is 11.5 Å². The summed E-state index contributed by atoms with van der Waals surface area (Å²) in [6.45, 7) is 5.13. The van der Waals surface area contributed by atoms with Gasteiger partial charge >= 0.3 is 0 Å². The van der Waals surface area contributed by atoms with Crippen molar-refractivity contribution in [2.45, 2.75) is 26.7 Å². The minimum absolute atomic E-state index is 0.174. The van der Waals surface area contributed by atoms with Crippen LogP contribution in [0.15, 0.2) is 23.6 Å². The summed E-state index contributed by atoms with van der Waals surface area (Å²) in [7, 11) is 0. The van der Waals surface area contributed by atoms with E-state index in [-0.39, 0.29) is 6.42 Å². The number of ether oxygens (including phenoxy) is 2. The highest BCUT2D eigenvalue weighted by Gasteiger charge is 2.10. The number of carboxylic acids is 1. The molecule has 0 saturated heterocycles. The van der Waals surface area contributed by atoms with Gasteiger partial charge in [-0.1, -0.05) is 6.92 Å². The summed E-state index contributed by atoms with van der Waals surface area (Å²) in [5, 5.41) is 13.1. The van der Waals surface area contributed by atoms with Gasteiger partial charge in [0, 0.05) is 23.3 Å². The number of carbonyl (C=O) groups is 1. The van der Waals surface area contributed by atoms with Crippen LogP contribution in [0.25, 0.3) is 10.6 Å². The van der Waals surface area contributed by atoms with E-state index in [9.17, 15) is 9.90 Å². The fraction of sp³-hybridized carbons (Fsp3) is 0.375. The Hall–Kier alpha value is -2.08. The lowest BCUT2D eigenvalue weighted by Gasteiger charge is -2.12. The highest BCUT2D eigenvalue weighted by molar-refractivity contribution is 7.13. The van der Waals surface area contributed by atoms with Crippen LogP contribution < -0.4 is 14.6 Å². The Morgan fingerprint density at radius 1 is 1.27 bits per heavy atom. The summed E-state index contributed by atoms with van der Waals surface area (Å²) in [5.74, 6) is 0.249. The zero-order chi connectivity index (χ0) is 15.9. The first kappa shape index (κ1) is 16.3. The molecule has 0 aliphatic heterocycles. The van der Waals surface area contributed by atoms with Crippen molar-refractivity contribution in [3.63, 3.8) is 0 Å². The molecule has 0 fully saturated rings. The van der Waals surface area contributed by atoms with Crippen LogP contribution in [0, 0.1) is 0 Å². The fourth-order valence-corrected chi connectivity index (χ4v) is 2.73. The second kappa shape index (κ2) is 7.79. The number of carbonyl (C=O) groups excluding carboxylic acids is 1. The molecule has 0 radical (unpaired) electrons. The molecule has 0 aliphatic rings. The van der Waals surface area contributed by atoms with E-state index in [1.807, 2.05) is 32.0 Å². The molecule has 2 rings (SSSR count). The lowest BCUT2D eigenvalue weighted by atomic mass is 10.2.